The van der Waals surface area contributed by atoms with Gasteiger partial charge in [-0.3, -0.25) is 19.7 Å². The van der Waals surface area contributed by atoms with E-state index in [9.17, 15) is 9.59 Å². The fourth-order valence-electron chi connectivity index (χ4n) is 4.61. The highest BCUT2D eigenvalue weighted by molar-refractivity contribution is 5.94. The maximum absolute atomic E-state index is 13.2. The third kappa shape index (κ3) is 3.08. The number of nitrogens with zero attached hydrogens (tertiary/aromatic N) is 4. The molecule has 2 aromatic heterocycles. The van der Waals surface area contributed by atoms with Crippen molar-refractivity contribution in [2.24, 2.45) is 11.3 Å². The first kappa shape index (κ1) is 17.4. The van der Waals surface area contributed by atoms with Crippen LogP contribution in [0.5, 0.6) is 0 Å². The summed E-state index contributed by atoms with van der Waals surface area (Å²) >= 11 is 0. The van der Waals surface area contributed by atoms with Crippen LogP contribution in [0.3, 0.4) is 0 Å². The number of hydrogen-bond acceptors (Lipinski definition) is 4. The molecule has 1 spiro atoms. The molecule has 7 heteroatoms. The molecule has 0 bridgehead atoms. The van der Waals surface area contributed by atoms with E-state index in [-0.39, 0.29) is 17.2 Å². The maximum Gasteiger partial charge on any atom is 0.271 e. The Balaban J connectivity index is 1.29. The smallest absolute Gasteiger partial charge is 0.271 e. The van der Waals surface area contributed by atoms with Crippen molar-refractivity contribution in [1.29, 1.82) is 0 Å². The van der Waals surface area contributed by atoms with E-state index < -0.39 is 0 Å². The maximum atomic E-state index is 13.2. The summed E-state index contributed by atoms with van der Waals surface area (Å²) < 4.78 is 0. The summed E-state index contributed by atoms with van der Waals surface area (Å²) in [4.78, 5) is 34.3. The SMILES string of the molecule is O=C(c1cc(-c2ccccn2)n[nH]1)N1CCC2(CCCN(CC3CC3)C2=O)C1. The summed E-state index contributed by atoms with van der Waals surface area (Å²) in [6, 6.07) is 7.35. The highest BCUT2D eigenvalue weighted by Gasteiger charge is 2.50. The number of aromatic nitrogens is 3. The van der Waals surface area contributed by atoms with Crippen molar-refractivity contribution in [2.45, 2.75) is 32.1 Å². The largest absolute Gasteiger partial charge is 0.342 e. The number of H-pyrrole nitrogens is 1. The lowest BCUT2D eigenvalue weighted by atomic mass is 9.78. The van der Waals surface area contributed by atoms with Crippen molar-refractivity contribution in [1.82, 2.24) is 25.0 Å². The van der Waals surface area contributed by atoms with Crippen LogP contribution in [-0.2, 0) is 4.79 Å². The molecule has 5 rings (SSSR count). The van der Waals surface area contributed by atoms with Crippen molar-refractivity contribution in [3.8, 4) is 11.4 Å². The molecule has 0 radical (unpaired) electrons. The van der Waals surface area contributed by atoms with E-state index in [1.807, 2.05) is 23.1 Å². The van der Waals surface area contributed by atoms with E-state index in [2.05, 4.69) is 20.1 Å². The van der Waals surface area contributed by atoms with Gasteiger partial charge in [0.05, 0.1) is 11.1 Å². The summed E-state index contributed by atoms with van der Waals surface area (Å²) in [5, 5.41) is 7.09. The summed E-state index contributed by atoms with van der Waals surface area (Å²) in [6.07, 6.45) is 6.89. The van der Waals surface area contributed by atoms with Gasteiger partial charge in [-0.05, 0) is 56.2 Å². The molecule has 1 aliphatic carbocycles. The quantitative estimate of drug-likeness (QED) is 0.884. The lowest BCUT2D eigenvalue weighted by Crippen LogP contribution is -2.51. The number of carbonyl (C=O) groups is 2. The fraction of sp³-hybridized carbons (Fsp3) is 0.524. The van der Waals surface area contributed by atoms with Gasteiger partial charge in [0.15, 0.2) is 0 Å². The molecule has 4 heterocycles. The summed E-state index contributed by atoms with van der Waals surface area (Å²) in [6.45, 7) is 2.92. The van der Waals surface area contributed by atoms with Crippen molar-refractivity contribution in [3.05, 3.63) is 36.2 Å². The standard InChI is InChI=1S/C21H25N5O2/c27-19(18-12-17(23-24-18)16-4-1-2-9-22-16)26-11-8-21(14-26)7-3-10-25(20(21)28)13-15-5-6-15/h1-2,4,9,12,15H,3,5-8,10-11,13-14H2,(H,23,24). The molecule has 0 aromatic carbocycles. The number of carbonyl (C=O) groups excluding carboxylic acids is 2. The molecule has 1 N–H and O–H groups in total. The Hall–Kier alpha value is -2.70. The van der Waals surface area contributed by atoms with Crippen LogP contribution in [0.4, 0.5) is 0 Å². The van der Waals surface area contributed by atoms with E-state index in [4.69, 9.17) is 0 Å². The van der Waals surface area contributed by atoms with Gasteiger partial charge in [0.2, 0.25) is 5.91 Å². The van der Waals surface area contributed by atoms with Crippen molar-refractivity contribution in [2.75, 3.05) is 26.2 Å². The van der Waals surface area contributed by atoms with Crippen LogP contribution in [0, 0.1) is 11.3 Å². The molecular weight excluding hydrogens is 354 g/mol. The molecule has 3 fully saturated rings. The topological polar surface area (TPSA) is 82.2 Å². The van der Waals surface area contributed by atoms with Gasteiger partial charge >= 0.3 is 0 Å². The van der Waals surface area contributed by atoms with Gasteiger partial charge in [-0.2, -0.15) is 5.10 Å². The zero-order chi connectivity index (χ0) is 19.1. The zero-order valence-corrected chi connectivity index (χ0v) is 15.9. The van der Waals surface area contributed by atoms with E-state index in [1.165, 1.54) is 12.8 Å². The van der Waals surface area contributed by atoms with Gasteiger partial charge in [-0.25, -0.2) is 0 Å². The predicted molar refractivity (Wildman–Crippen MR) is 103 cm³/mol. The van der Waals surface area contributed by atoms with Crippen LogP contribution in [0.2, 0.25) is 0 Å². The van der Waals surface area contributed by atoms with Crippen LogP contribution >= 0.6 is 0 Å². The number of pyridine rings is 1. The summed E-state index contributed by atoms with van der Waals surface area (Å²) in [5.41, 5.74) is 1.46. The van der Waals surface area contributed by atoms with E-state index in [0.717, 1.165) is 38.0 Å². The number of hydrogen-bond donors (Lipinski definition) is 1. The minimum atomic E-state index is -0.382. The molecule has 2 aliphatic heterocycles. The fourth-order valence-corrected chi connectivity index (χ4v) is 4.61. The Morgan fingerprint density at radius 3 is 2.89 bits per heavy atom. The lowest BCUT2D eigenvalue weighted by Gasteiger charge is -2.39. The van der Waals surface area contributed by atoms with E-state index in [1.54, 1.807) is 12.3 Å². The minimum Gasteiger partial charge on any atom is -0.342 e. The monoisotopic (exact) mass is 379 g/mol. The Bertz CT molecular complexity index is 891. The van der Waals surface area contributed by atoms with Gasteiger partial charge in [0, 0.05) is 32.4 Å². The molecule has 3 aliphatic rings. The second kappa shape index (κ2) is 6.72. The van der Waals surface area contributed by atoms with Crippen LogP contribution in [0.25, 0.3) is 11.4 Å². The molecule has 28 heavy (non-hydrogen) atoms. The first-order valence-corrected chi connectivity index (χ1v) is 10.2. The molecule has 1 unspecified atom stereocenters. The third-order valence-corrected chi connectivity index (χ3v) is 6.38. The Labute approximate surface area is 164 Å². The Morgan fingerprint density at radius 2 is 2.11 bits per heavy atom. The first-order valence-electron chi connectivity index (χ1n) is 10.2. The molecule has 146 valence electrons. The molecule has 2 aromatic rings. The second-order valence-corrected chi connectivity index (χ2v) is 8.44. The highest BCUT2D eigenvalue weighted by atomic mass is 16.2. The second-order valence-electron chi connectivity index (χ2n) is 8.44. The van der Waals surface area contributed by atoms with Crippen molar-refractivity contribution < 1.29 is 9.59 Å². The zero-order valence-electron chi connectivity index (χ0n) is 15.9. The van der Waals surface area contributed by atoms with E-state index >= 15 is 0 Å². The molecular formula is C21H25N5O2. The number of amides is 2. The van der Waals surface area contributed by atoms with Crippen LogP contribution in [-0.4, -0.2) is 63.0 Å². The van der Waals surface area contributed by atoms with Crippen LogP contribution in [0.1, 0.15) is 42.6 Å². The number of aromatic amines is 1. The van der Waals surface area contributed by atoms with Gasteiger partial charge in [0.1, 0.15) is 11.4 Å². The molecule has 1 saturated carbocycles. The van der Waals surface area contributed by atoms with Crippen LogP contribution < -0.4 is 0 Å². The Morgan fingerprint density at radius 1 is 1.21 bits per heavy atom. The van der Waals surface area contributed by atoms with E-state index in [0.29, 0.717) is 30.4 Å². The molecule has 7 nitrogen and oxygen atoms in total. The minimum absolute atomic E-state index is 0.0846. The molecule has 2 saturated heterocycles. The van der Waals surface area contributed by atoms with Crippen molar-refractivity contribution >= 4 is 11.8 Å². The first-order chi connectivity index (χ1) is 13.6. The predicted octanol–water partition coefficient (Wildman–Crippen LogP) is 2.34. The average molecular weight is 379 g/mol. The number of nitrogens with one attached hydrogen (secondary N) is 1. The van der Waals surface area contributed by atoms with Gasteiger partial charge < -0.3 is 9.80 Å². The van der Waals surface area contributed by atoms with Crippen LogP contribution in [0.15, 0.2) is 30.5 Å². The van der Waals surface area contributed by atoms with Gasteiger partial charge in [0.25, 0.3) is 5.91 Å². The lowest BCUT2D eigenvalue weighted by molar-refractivity contribution is -0.145. The normalized spacial score (nSPS) is 24.9. The number of likely N-dealkylation sites (tertiary alicyclic amines) is 2. The Kier molecular flexibility index (Phi) is 4.18. The highest BCUT2D eigenvalue weighted by Crippen LogP contribution is 2.42. The number of piperidine rings is 1. The third-order valence-electron chi connectivity index (χ3n) is 6.38. The van der Waals surface area contributed by atoms with Gasteiger partial charge in [-0.15, -0.1) is 0 Å². The average Bonchev–Trinajstić information content (AvgIpc) is 3.24. The molecule has 2 amide bonds. The van der Waals surface area contributed by atoms with Gasteiger partial charge in [-0.1, -0.05) is 6.07 Å². The molecule has 1 atom stereocenters. The summed E-state index contributed by atoms with van der Waals surface area (Å²) in [5.74, 6) is 0.881. The number of rotatable bonds is 4. The summed E-state index contributed by atoms with van der Waals surface area (Å²) in [7, 11) is 0. The van der Waals surface area contributed by atoms with Crippen molar-refractivity contribution in [3.63, 3.8) is 0 Å².